The Morgan fingerprint density at radius 2 is 2.09 bits per heavy atom. The standard InChI is InChI=1S/C18H24N4O/c1-14-10-19-15(2)22(14)13-17-8-9-21(12-17)18(23)20-11-16-6-4-3-5-7-16/h3-7,10,17H,8-9,11-13H2,1-2H3,(H,20,23). The second-order valence-electron chi connectivity index (χ2n) is 6.30. The number of aryl methyl sites for hydroxylation is 2. The number of hydrogen-bond donors (Lipinski definition) is 1. The zero-order chi connectivity index (χ0) is 16.2. The van der Waals surface area contributed by atoms with E-state index < -0.39 is 0 Å². The maximum absolute atomic E-state index is 12.3. The van der Waals surface area contributed by atoms with Gasteiger partial charge in [-0.1, -0.05) is 30.3 Å². The highest BCUT2D eigenvalue weighted by Gasteiger charge is 2.26. The van der Waals surface area contributed by atoms with Crippen molar-refractivity contribution in [3.05, 3.63) is 53.6 Å². The lowest BCUT2D eigenvalue weighted by Gasteiger charge is -2.18. The summed E-state index contributed by atoms with van der Waals surface area (Å²) in [5.74, 6) is 1.55. The second-order valence-corrected chi connectivity index (χ2v) is 6.30. The van der Waals surface area contributed by atoms with Gasteiger partial charge in [-0.3, -0.25) is 0 Å². The predicted octanol–water partition coefficient (Wildman–Crippen LogP) is 2.73. The molecule has 122 valence electrons. The quantitative estimate of drug-likeness (QED) is 0.944. The minimum absolute atomic E-state index is 0.0374. The first-order valence-electron chi connectivity index (χ1n) is 8.19. The van der Waals surface area contributed by atoms with E-state index in [1.165, 1.54) is 5.69 Å². The highest BCUT2D eigenvalue weighted by Crippen LogP contribution is 2.20. The summed E-state index contributed by atoms with van der Waals surface area (Å²) in [6.45, 7) is 7.29. The molecule has 1 atom stereocenters. The Morgan fingerprint density at radius 1 is 1.30 bits per heavy atom. The first kappa shape index (κ1) is 15.6. The zero-order valence-electron chi connectivity index (χ0n) is 13.8. The van der Waals surface area contributed by atoms with Gasteiger partial charge in [-0.05, 0) is 31.7 Å². The summed E-state index contributed by atoms with van der Waals surface area (Å²) >= 11 is 0. The molecule has 3 rings (SSSR count). The van der Waals surface area contributed by atoms with Crippen LogP contribution < -0.4 is 5.32 Å². The minimum Gasteiger partial charge on any atom is -0.334 e. The summed E-state index contributed by atoms with van der Waals surface area (Å²) in [5, 5.41) is 3.01. The lowest BCUT2D eigenvalue weighted by atomic mass is 10.1. The van der Waals surface area contributed by atoms with Gasteiger partial charge >= 0.3 is 6.03 Å². The van der Waals surface area contributed by atoms with Gasteiger partial charge in [0.1, 0.15) is 5.82 Å². The summed E-state index contributed by atoms with van der Waals surface area (Å²) in [6, 6.07) is 10.0. The van der Waals surface area contributed by atoms with E-state index in [-0.39, 0.29) is 6.03 Å². The largest absolute Gasteiger partial charge is 0.334 e. The molecule has 2 aromatic rings. The molecular weight excluding hydrogens is 288 g/mol. The Labute approximate surface area is 137 Å². The Balaban J connectivity index is 1.50. The Morgan fingerprint density at radius 3 is 2.78 bits per heavy atom. The van der Waals surface area contributed by atoms with Crippen molar-refractivity contribution in [3.8, 4) is 0 Å². The van der Waals surface area contributed by atoms with E-state index in [4.69, 9.17) is 0 Å². The van der Waals surface area contributed by atoms with Crippen molar-refractivity contribution in [3.63, 3.8) is 0 Å². The number of nitrogens with zero attached hydrogens (tertiary/aromatic N) is 3. The molecule has 1 aromatic carbocycles. The molecule has 23 heavy (non-hydrogen) atoms. The molecule has 5 heteroatoms. The van der Waals surface area contributed by atoms with Crippen LogP contribution in [0.3, 0.4) is 0 Å². The maximum atomic E-state index is 12.3. The SMILES string of the molecule is Cc1cnc(C)n1CC1CCN(C(=O)NCc2ccccc2)C1. The van der Waals surface area contributed by atoms with Crippen molar-refractivity contribution in [1.82, 2.24) is 19.8 Å². The predicted molar refractivity (Wildman–Crippen MR) is 90.1 cm³/mol. The van der Waals surface area contributed by atoms with Crippen LogP contribution in [0.25, 0.3) is 0 Å². The summed E-state index contributed by atoms with van der Waals surface area (Å²) in [6.07, 6.45) is 2.96. The van der Waals surface area contributed by atoms with Crippen LogP contribution in [-0.2, 0) is 13.1 Å². The van der Waals surface area contributed by atoms with Gasteiger partial charge in [0.2, 0.25) is 0 Å². The number of carbonyl (C=O) groups excluding carboxylic acids is 1. The van der Waals surface area contributed by atoms with Gasteiger partial charge in [0, 0.05) is 38.1 Å². The van der Waals surface area contributed by atoms with E-state index in [1.54, 1.807) is 0 Å². The summed E-state index contributed by atoms with van der Waals surface area (Å²) in [5.41, 5.74) is 2.32. The molecule has 1 saturated heterocycles. The maximum Gasteiger partial charge on any atom is 0.317 e. The molecule has 0 spiro atoms. The summed E-state index contributed by atoms with van der Waals surface area (Å²) in [4.78, 5) is 18.6. The van der Waals surface area contributed by atoms with Crippen LogP contribution in [0.2, 0.25) is 0 Å². The highest BCUT2D eigenvalue weighted by atomic mass is 16.2. The average Bonchev–Trinajstić information content (AvgIpc) is 3.16. The number of likely N-dealkylation sites (tertiary alicyclic amines) is 1. The molecule has 0 saturated carbocycles. The van der Waals surface area contributed by atoms with E-state index in [0.29, 0.717) is 12.5 Å². The van der Waals surface area contributed by atoms with E-state index in [0.717, 1.165) is 37.4 Å². The zero-order valence-corrected chi connectivity index (χ0v) is 13.8. The fraction of sp³-hybridized carbons (Fsp3) is 0.444. The average molecular weight is 312 g/mol. The Bertz CT molecular complexity index is 645. The van der Waals surface area contributed by atoms with Gasteiger partial charge < -0.3 is 14.8 Å². The Hall–Kier alpha value is -2.30. The molecular formula is C18H24N4O. The van der Waals surface area contributed by atoms with Crippen molar-refractivity contribution in [1.29, 1.82) is 0 Å². The van der Waals surface area contributed by atoms with Crippen LogP contribution in [0.15, 0.2) is 36.5 Å². The number of benzene rings is 1. The minimum atomic E-state index is 0.0374. The van der Waals surface area contributed by atoms with E-state index >= 15 is 0 Å². The molecule has 0 aliphatic carbocycles. The van der Waals surface area contributed by atoms with E-state index in [2.05, 4.69) is 21.8 Å². The van der Waals surface area contributed by atoms with Crippen molar-refractivity contribution in [2.75, 3.05) is 13.1 Å². The first-order chi connectivity index (χ1) is 11.1. The molecule has 1 aromatic heterocycles. The number of aromatic nitrogens is 2. The third kappa shape index (κ3) is 3.73. The molecule has 2 amide bonds. The molecule has 1 fully saturated rings. The van der Waals surface area contributed by atoms with Crippen molar-refractivity contribution in [2.24, 2.45) is 5.92 Å². The van der Waals surface area contributed by atoms with Crippen LogP contribution in [0.4, 0.5) is 4.79 Å². The third-order valence-electron chi connectivity index (χ3n) is 4.56. The van der Waals surface area contributed by atoms with Gasteiger partial charge in [0.25, 0.3) is 0 Å². The number of nitrogens with one attached hydrogen (secondary N) is 1. The monoisotopic (exact) mass is 312 g/mol. The fourth-order valence-corrected chi connectivity index (χ4v) is 3.17. The van der Waals surface area contributed by atoms with Gasteiger partial charge in [-0.2, -0.15) is 0 Å². The molecule has 0 radical (unpaired) electrons. The number of imidazole rings is 1. The number of amides is 2. The van der Waals surface area contributed by atoms with Crippen molar-refractivity contribution in [2.45, 2.75) is 33.4 Å². The summed E-state index contributed by atoms with van der Waals surface area (Å²) in [7, 11) is 0. The molecule has 2 heterocycles. The van der Waals surface area contributed by atoms with Gasteiger partial charge in [-0.25, -0.2) is 9.78 Å². The van der Waals surface area contributed by atoms with Crippen molar-refractivity contribution >= 4 is 6.03 Å². The summed E-state index contributed by atoms with van der Waals surface area (Å²) < 4.78 is 2.25. The van der Waals surface area contributed by atoms with Crippen molar-refractivity contribution < 1.29 is 4.79 Å². The lowest BCUT2D eigenvalue weighted by Crippen LogP contribution is -2.38. The molecule has 1 aliphatic rings. The normalized spacial score (nSPS) is 17.5. The first-order valence-corrected chi connectivity index (χ1v) is 8.19. The molecule has 1 N–H and O–H groups in total. The third-order valence-corrected chi connectivity index (χ3v) is 4.56. The molecule has 1 aliphatic heterocycles. The topological polar surface area (TPSA) is 50.2 Å². The highest BCUT2D eigenvalue weighted by molar-refractivity contribution is 5.74. The van der Waals surface area contributed by atoms with E-state index in [9.17, 15) is 4.79 Å². The molecule has 0 bridgehead atoms. The van der Waals surface area contributed by atoms with Crippen LogP contribution >= 0.6 is 0 Å². The van der Waals surface area contributed by atoms with E-state index in [1.807, 2.05) is 48.4 Å². The number of carbonyl (C=O) groups is 1. The number of hydrogen-bond acceptors (Lipinski definition) is 2. The lowest BCUT2D eigenvalue weighted by molar-refractivity contribution is 0.206. The number of rotatable bonds is 4. The van der Waals surface area contributed by atoms with Gasteiger partial charge in [0.15, 0.2) is 0 Å². The van der Waals surface area contributed by atoms with Crippen LogP contribution in [0.1, 0.15) is 23.5 Å². The number of urea groups is 1. The molecule has 5 nitrogen and oxygen atoms in total. The van der Waals surface area contributed by atoms with Gasteiger partial charge in [0.05, 0.1) is 0 Å². The smallest absolute Gasteiger partial charge is 0.317 e. The second kappa shape index (κ2) is 6.86. The van der Waals surface area contributed by atoms with Crippen LogP contribution in [-0.4, -0.2) is 33.6 Å². The van der Waals surface area contributed by atoms with Crippen LogP contribution in [0.5, 0.6) is 0 Å². The van der Waals surface area contributed by atoms with Gasteiger partial charge in [-0.15, -0.1) is 0 Å². The fourth-order valence-electron chi connectivity index (χ4n) is 3.17. The van der Waals surface area contributed by atoms with Crippen LogP contribution in [0, 0.1) is 19.8 Å². The molecule has 1 unspecified atom stereocenters. The Kier molecular flexibility index (Phi) is 4.65.